The minimum absolute atomic E-state index is 0.229. The van der Waals surface area contributed by atoms with Gasteiger partial charge >= 0.3 is 5.69 Å². The van der Waals surface area contributed by atoms with E-state index in [1.165, 1.54) is 9.13 Å². The first-order valence-electron chi connectivity index (χ1n) is 8.55. The lowest BCUT2D eigenvalue weighted by Crippen LogP contribution is -2.44. The predicted molar refractivity (Wildman–Crippen MR) is 94.7 cm³/mol. The number of amides is 2. The van der Waals surface area contributed by atoms with Gasteiger partial charge in [0.1, 0.15) is 6.04 Å². The number of imidazole rings is 1. The molecule has 1 unspecified atom stereocenters. The molecular weight excluding hydrogens is 338 g/mol. The van der Waals surface area contributed by atoms with Crippen LogP contribution in [0.1, 0.15) is 30.9 Å². The van der Waals surface area contributed by atoms with Gasteiger partial charge in [0.25, 0.3) is 0 Å². The summed E-state index contributed by atoms with van der Waals surface area (Å²) < 4.78 is 13.4. The first-order chi connectivity index (χ1) is 12.5. The first-order valence-corrected chi connectivity index (χ1v) is 8.55. The maximum atomic E-state index is 12.7. The number of imide groups is 1. The molecule has 2 amide bonds. The number of hydrogen-bond donors (Lipinski definition) is 1. The van der Waals surface area contributed by atoms with E-state index in [0.717, 1.165) is 17.5 Å². The summed E-state index contributed by atoms with van der Waals surface area (Å²) in [7, 11) is 4.88. The summed E-state index contributed by atoms with van der Waals surface area (Å²) in [4.78, 5) is 36.3. The lowest BCUT2D eigenvalue weighted by molar-refractivity contribution is -0.135. The van der Waals surface area contributed by atoms with Gasteiger partial charge in [0.15, 0.2) is 6.29 Å². The molecule has 1 aliphatic rings. The maximum Gasteiger partial charge on any atom is 0.329 e. The van der Waals surface area contributed by atoms with Crippen molar-refractivity contribution in [1.82, 2.24) is 14.5 Å². The van der Waals surface area contributed by atoms with Gasteiger partial charge in [-0.1, -0.05) is 6.07 Å². The van der Waals surface area contributed by atoms with Crippen molar-refractivity contribution >= 4 is 22.8 Å². The van der Waals surface area contributed by atoms with E-state index in [0.29, 0.717) is 18.4 Å². The molecule has 2 heterocycles. The second-order valence-corrected chi connectivity index (χ2v) is 6.44. The minimum atomic E-state index is -0.666. The molecule has 8 nitrogen and oxygen atoms in total. The molecule has 8 heteroatoms. The highest BCUT2D eigenvalue weighted by Crippen LogP contribution is 2.24. The number of aromatic nitrogens is 2. The number of methoxy groups -OCH3 is 2. The van der Waals surface area contributed by atoms with Crippen LogP contribution in [-0.2, 0) is 32.5 Å². The van der Waals surface area contributed by atoms with Gasteiger partial charge in [-0.25, -0.2) is 4.79 Å². The van der Waals surface area contributed by atoms with Crippen molar-refractivity contribution in [3.05, 3.63) is 34.2 Å². The number of ether oxygens (including phenoxy) is 2. The van der Waals surface area contributed by atoms with Crippen LogP contribution < -0.4 is 11.0 Å². The van der Waals surface area contributed by atoms with Crippen LogP contribution in [0.3, 0.4) is 0 Å². The number of nitrogens with one attached hydrogen (secondary N) is 1. The van der Waals surface area contributed by atoms with Gasteiger partial charge < -0.3 is 9.47 Å². The van der Waals surface area contributed by atoms with Crippen LogP contribution in [-0.4, -0.2) is 41.5 Å². The number of rotatable bonds is 6. The van der Waals surface area contributed by atoms with Crippen molar-refractivity contribution in [3.63, 3.8) is 0 Å². The molecule has 0 saturated carbocycles. The molecule has 0 aliphatic carbocycles. The Labute approximate surface area is 150 Å². The average molecular weight is 361 g/mol. The number of carbonyl (C=O) groups excluding carboxylic acids is 2. The molecular formula is C18H23N3O5. The molecule has 1 saturated heterocycles. The number of aryl methyl sites for hydroxylation is 2. The molecule has 1 aliphatic heterocycles. The Kier molecular flexibility index (Phi) is 5.24. The first kappa shape index (κ1) is 18.3. The molecule has 3 rings (SSSR count). The molecule has 1 N–H and O–H groups in total. The Morgan fingerprint density at radius 3 is 2.58 bits per heavy atom. The topological polar surface area (TPSA) is 91.6 Å². The van der Waals surface area contributed by atoms with E-state index in [9.17, 15) is 14.4 Å². The smallest absolute Gasteiger partial charge is 0.329 e. The predicted octanol–water partition coefficient (Wildman–Crippen LogP) is 0.869. The third-order valence-corrected chi connectivity index (χ3v) is 4.87. The van der Waals surface area contributed by atoms with Crippen molar-refractivity contribution in [2.24, 2.45) is 7.05 Å². The molecule has 2 aromatic rings. The molecule has 1 aromatic heterocycles. The Morgan fingerprint density at radius 1 is 1.19 bits per heavy atom. The van der Waals surface area contributed by atoms with Gasteiger partial charge in [-0.2, -0.15) is 0 Å². The fraction of sp³-hybridized carbons (Fsp3) is 0.500. The second kappa shape index (κ2) is 7.43. The van der Waals surface area contributed by atoms with Crippen LogP contribution in [0.2, 0.25) is 0 Å². The molecule has 1 atom stereocenters. The molecule has 26 heavy (non-hydrogen) atoms. The van der Waals surface area contributed by atoms with E-state index in [-0.39, 0.29) is 24.3 Å². The van der Waals surface area contributed by atoms with E-state index in [1.54, 1.807) is 21.3 Å². The van der Waals surface area contributed by atoms with Gasteiger partial charge in [0.2, 0.25) is 11.8 Å². The van der Waals surface area contributed by atoms with E-state index >= 15 is 0 Å². The zero-order valence-corrected chi connectivity index (χ0v) is 15.2. The summed E-state index contributed by atoms with van der Waals surface area (Å²) in [6, 6.07) is 5.07. The van der Waals surface area contributed by atoms with Crippen LogP contribution in [0.4, 0.5) is 0 Å². The standard InChI is InChI=1S/C18H23N3O5/c1-20-14-10-11(5-9-16(25-2)26-3)4-6-12(14)21(18(20)24)13-7-8-15(22)19-17(13)23/h4,6,10,13,16H,5,7-9H2,1-3H3,(H,19,22,23). The average Bonchev–Trinajstić information content (AvgIpc) is 2.87. The van der Waals surface area contributed by atoms with E-state index in [2.05, 4.69) is 5.32 Å². The Morgan fingerprint density at radius 2 is 1.92 bits per heavy atom. The number of piperidine rings is 1. The fourth-order valence-electron chi connectivity index (χ4n) is 3.41. The zero-order chi connectivity index (χ0) is 18.8. The summed E-state index contributed by atoms with van der Waals surface area (Å²) in [5.74, 6) is -0.726. The van der Waals surface area contributed by atoms with Crippen molar-refractivity contribution in [3.8, 4) is 0 Å². The third-order valence-electron chi connectivity index (χ3n) is 4.87. The molecule has 1 fully saturated rings. The lowest BCUT2D eigenvalue weighted by atomic mass is 10.1. The zero-order valence-electron chi connectivity index (χ0n) is 15.2. The molecule has 0 spiro atoms. The van der Waals surface area contributed by atoms with Gasteiger partial charge in [0.05, 0.1) is 11.0 Å². The maximum absolute atomic E-state index is 12.7. The highest BCUT2D eigenvalue weighted by atomic mass is 16.7. The Balaban J connectivity index is 1.94. The molecule has 0 radical (unpaired) electrons. The molecule has 140 valence electrons. The number of hydrogen-bond acceptors (Lipinski definition) is 5. The van der Waals surface area contributed by atoms with E-state index in [1.807, 2.05) is 18.2 Å². The normalized spacial score (nSPS) is 17.9. The number of benzene rings is 1. The second-order valence-electron chi connectivity index (χ2n) is 6.44. The molecule has 1 aromatic carbocycles. The third kappa shape index (κ3) is 3.30. The summed E-state index contributed by atoms with van der Waals surface area (Å²) in [5.41, 5.74) is 2.22. The summed E-state index contributed by atoms with van der Waals surface area (Å²) in [5, 5.41) is 2.31. The van der Waals surface area contributed by atoms with Crippen LogP contribution in [0.5, 0.6) is 0 Å². The van der Waals surface area contributed by atoms with Crippen molar-refractivity contribution in [1.29, 1.82) is 0 Å². The Hall–Kier alpha value is -2.45. The summed E-state index contributed by atoms with van der Waals surface area (Å²) in [6.45, 7) is 0. The van der Waals surface area contributed by atoms with Gasteiger partial charge in [0, 0.05) is 34.1 Å². The van der Waals surface area contributed by atoms with Crippen molar-refractivity contribution < 1.29 is 19.1 Å². The number of nitrogens with zero attached hydrogens (tertiary/aromatic N) is 2. The summed E-state index contributed by atoms with van der Waals surface area (Å²) in [6.07, 6.45) is 1.71. The van der Waals surface area contributed by atoms with Gasteiger partial charge in [-0.3, -0.25) is 24.0 Å². The SMILES string of the molecule is COC(CCc1ccc2c(c1)n(C)c(=O)n2C1CCC(=O)NC1=O)OC. The lowest BCUT2D eigenvalue weighted by Gasteiger charge is -2.21. The van der Waals surface area contributed by atoms with Gasteiger partial charge in [-0.15, -0.1) is 0 Å². The number of carbonyl (C=O) groups is 2. The molecule has 0 bridgehead atoms. The van der Waals surface area contributed by atoms with Crippen molar-refractivity contribution in [2.45, 2.75) is 38.0 Å². The van der Waals surface area contributed by atoms with Crippen molar-refractivity contribution in [2.75, 3.05) is 14.2 Å². The summed E-state index contributed by atoms with van der Waals surface area (Å²) >= 11 is 0. The monoisotopic (exact) mass is 361 g/mol. The Bertz CT molecular complexity index is 894. The quantitative estimate of drug-likeness (QED) is 0.609. The highest BCUT2D eigenvalue weighted by Gasteiger charge is 2.31. The van der Waals surface area contributed by atoms with E-state index in [4.69, 9.17) is 9.47 Å². The van der Waals surface area contributed by atoms with Crippen LogP contribution in [0.25, 0.3) is 11.0 Å². The number of fused-ring (bicyclic) bond motifs is 1. The fourth-order valence-corrected chi connectivity index (χ4v) is 3.41. The minimum Gasteiger partial charge on any atom is -0.356 e. The van der Waals surface area contributed by atoms with Gasteiger partial charge in [-0.05, 0) is 30.5 Å². The van der Waals surface area contributed by atoms with Crippen LogP contribution in [0, 0.1) is 0 Å². The largest absolute Gasteiger partial charge is 0.356 e. The van der Waals surface area contributed by atoms with Crippen LogP contribution in [0.15, 0.2) is 23.0 Å². The highest BCUT2D eigenvalue weighted by molar-refractivity contribution is 6.00. The van der Waals surface area contributed by atoms with Crippen LogP contribution >= 0.6 is 0 Å². The van der Waals surface area contributed by atoms with E-state index < -0.39 is 11.9 Å².